The normalized spacial score (nSPS) is 17.2. The van der Waals surface area contributed by atoms with Crippen molar-refractivity contribution < 1.29 is 9.18 Å². The van der Waals surface area contributed by atoms with Crippen molar-refractivity contribution in [3.63, 3.8) is 0 Å². The molecule has 1 amide bonds. The third-order valence-electron chi connectivity index (χ3n) is 3.89. The molecule has 0 saturated heterocycles. The lowest BCUT2D eigenvalue weighted by Gasteiger charge is -2.30. The summed E-state index contributed by atoms with van der Waals surface area (Å²) in [4.78, 5) is 12.7. The van der Waals surface area contributed by atoms with Gasteiger partial charge in [-0.3, -0.25) is 4.79 Å². The van der Waals surface area contributed by atoms with Crippen LogP contribution in [-0.4, -0.2) is 16.9 Å². The fourth-order valence-electron chi connectivity index (χ4n) is 2.78. The number of rotatable bonds is 4. The highest BCUT2D eigenvalue weighted by Gasteiger charge is 2.28. The van der Waals surface area contributed by atoms with Crippen LogP contribution < -0.4 is 11.1 Å². The molecular formula is C15H18FIN2OS. The van der Waals surface area contributed by atoms with Crippen molar-refractivity contribution in [1.29, 1.82) is 0 Å². The van der Waals surface area contributed by atoms with E-state index in [1.54, 1.807) is 0 Å². The van der Waals surface area contributed by atoms with E-state index in [0.29, 0.717) is 20.0 Å². The van der Waals surface area contributed by atoms with Gasteiger partial charge >= 0.3 is 0 Å². The number of carbonyl (C=O) groups is 1. The van der Waals surface area contributed by atoms with Crippen molar-refractivity contribution in [2.24, 2.45) is 11.7 Å². The summed E-state index contributed by atoms with van der Waals surface area (Å²) < 4.78 is 13.7. The predicted octanol–water partition coefficient (Wildman–Crippen LogP) is 3.40. The predicted molar refractivity (Wildman–Crippen MR) is 93.7 cm³/mol. The van der Waals surface area contributed by atoms with E-state index in [4.69, 9.17) is 18.0 Å². The smallest absolute Gasteiger partial charge is 0.252 e. The summed E-state index contributed by atoms with van der Waals surface area (Å²) >= 11 is 7.08. The number of amides is 1. The van der Waals surface area contributed by atoms with Crippen LogP contribution in [0.1, 0.15) is 42.5 Å². The van der Waals surface area contributed by atoms with E-state index in [2.05, 4.69) is 5.32 Å². The van der Waals surface area contributed by atoms with E-state index in [0.717, 1.165) is 25.7 Å². The average Bonchev–Trinajstić information content (AvgIpc) is 2.45. The molecule has 1 unspecified atom stereocenters. The van der Waals surface area contributed by atoms with Crippen LogP contribution in [0.4, 0.5) is 4.39 Å². The minimum atomic E-state index is -0.353. The molecule has 1 aliphatic rings. The number of thiocarbonyl (C=S) groups is 1. The minimum absolute atomic E-state index is 0.247. The van der Waals surface area contributed by atoms with Gasteiger partial charge in [0, 0.05) is 3.57 Å². The van der Waals surface area contributed by atoms with Crippen LogP contribution in [0.2, 0.25) is 0 Å². The topological polar surface area (TPSA) is 55.1 Å². The zero-order valence-electron chi connectivity index (χ0n) is 11.6. The molecule has 0 aromatic heterocycles. The summed E-state index contributed by atoms with van der Waals surface area (Å²) in [5.74, 6) is -0.296. The Kier molecular flexibility index (Phi) is 5.92. The maximum absolute atomic E-state index is 13.1. The van der Waals surface area contributed by atoms with E-state index < -0.39 is 0 Å². The van der Waals surface area contributed by atoms with Crippen molar-refractivity contribution >= 4 is 45.7 Å². The minimum Gasteiger partial charge on any atom is -0.392 e. The van der Waals surface area contributed by atoms with E-state index in [1.165, 1.54) is 24.6 Å². The van der Waals surface area contributed by atoms with Crippen LogP contribution in [0, 0.1) is 15.3 Å². The molecule has 1 aromatic rings. The zero-order valence-corrected chi connectivity index (χ0v) is 14.5. The van der Waals surface area contributed by atoms with Gasteiger partial charge < -0.3 is 11.1 Å². The van der Waals surface area contributed by atoms with Crippen molar-refractivity contribution in [3.05, 3.63) is 33.1 Å². The average molecular weight is 420 g/mol. The highest BCUT2D eigenvalue weighted by molar-refractivity contribution is 14.1. The zero-order chi connectivity index (χ0) is 15.4. The largest absolute Gasteiger partial charge is 0.392 e. The molecule has 2 rings (SSSR count). The molecule has 1 saturated carbocycles. The fraction of sp³-hybridized carbons (Fsp3) is 0.467. The van der Waals surface area contributed by atoms with Gasteiger partial charge in [-0.15, -0.1) is 0 Å². The lowest BCUT2D eigenvalue weighted by atomic mass is 9.83. The molecule has 6 heteroatoms. The molecule has 0 aliphatic heterocycles. The number of benzene rings is 1. The lowest BCUT2D eigenvalue weighted by molar-refractivity contribution is 0.0931. The second-order valence-corrected chi connectivity index (χ2v) is 7.01. The summed E-state index contributed by atoms with van der Waals surface area (Å²) in [7, 11) is 0. The molecule has 0 bridgehead atoms. The summed E-state index contributed by atoms with van der Waals surface area (Å²) in [5.41, 5.74) is 6.26. The summed E-state index contributed by atoms with van der Waals surface area (Å²) in [5, 5.41) is 2.93. The van der Waals surface area contributed by atoms with Crippen LogP contribution in [0.3, 0.4) is 0 Å². The van der Waals surface area contributed by atoms with Gasteiger partial charge in [0.05, 0.1) is 16.6 Å². The van der Waals surface area contributed by atoms with Gasteiger partial charge in [-0.2, -0.15) is 0 Å². The Hall–Kier alpha value is -0.760. The van der Waals surface area contributed by atoms with Crippen LogP contribution in [0.15, 0.2) is 18.2 Å². The SMILES string of the molecule is NC(=S)C(NC(=O)c1ccc(F)cc1I)C1CCCCC1. The number of carbonyl (C=O) groups excluding carboxylic acids is 1. The number of halogens is 2. The van der Waals surface area contributed by atoms with Gasteiger partial charge in [-0.1, -0.05) is 31.5 Å². The Balaban J connectivity index is 2.12. The summed E-state index contributed by atoms with van der Waals surface area (Å²) in [6, 6.07) is 3.83. The number of nitrogens with one attached hydrogen (secondary N) is 1. The molecule has 1 fully saturated rings. The van der Waals surface area contributed by atoms with Gasteiger partial charge in [0.2, 0.25) is 0 Å². The van der Waals surface area contributed by atoms with E-state index >= 15 is 0 Å². The van der Waals surface area contributed by atoms with Crippen LogP contribution >= 0.6 is 34.8 Å². The molecule has 21 heavy (non-hydrogen) atoms. The molecule has 3 N–H and O–H groups in total. The Labute approximate surface area is 143 Å². The molecule has 0 spiro atoms. The van der Waals surface area contributed by atoms with Crippen molar-refractivity contribution in [1.82, 2.24) is 5.32 Å². The third-order valence-corrected chi connectivity index (χ3v) is 5.04. The molecular weight excluding hydrogens is 402 g/mol. The molecule has 1 aliphatic carbocycles. The van der Waals surface area contributed by atoms with Gasteiger partial charge in [0.15, 0.2) is 0 Å². The van der Waals surface area contributed by atoms with Crippen molar-refractivity contribution in [2.75, 3.05) is 0 Å². The number of hydrogen-bond acceptors (Lipinski definition) is 2. The number of hydrogen-bond donors (Lipinski definition) is 2. The highest BCUT2D eigenvalue weighted by atomic mass is 127. The Bertz CT molecular complexity index is 546. The fourth-order valence-corrected chi connectivity index (χ4v) is 3.75. The van der Waals surface area contributed by atoms with E-state index in [9.17, 15) is 9.18 Å². The highest BCUT2D eigenvalue weighted by Crippen LogP contribution is 2.27. The first-order chi connectivity index (χ1) is 9.99. The second-order valence-electron chi connectivity index (χ2n) is 5.38. The van der Waals surface area contributed by atoms with Gasteiger partial charge in [0.1, 0.15) is 5.82 Å². The van der Waals surface area contributed by atoms with Crippen LogP contribution in [0.5, 0.6) is 0 Å². The Morgan fingerprint density at radius 3 is 2.62 bits per heavy atom. The molecule has 1 aromatic carbocycles. The quantitative estimate of drug-likeness (QED) is 0.580. The molecule has 1 atom stereocenters. The molecule has 3 nitrogen and oxygen atoms in total. The Morgan fingerprint density at radius 2 is 2.05 bits per heavy atom. The summed E-state index contributed by atoms with van der Waals surface area (Å²) in [6.07, 6.45) is 5.58. The van der Waals surface area contributed by atoms with Crippen LogP contribution in [0.25, 0.3) is 0 Å². The monoisotopic (exact) mass is 420 g/mol. The standard InChI is InChI=1S/C15H18FIN2OS/c16-10-6-7-11(12(17)8-10)15(20)19-13(14(18)21)9-4-2-1-3-5-9/h6-9,13H,1-5H2,(H2,18,21)(H,19,20). The van der Waals surface area contributed by atoms with Crippen LogP contribution in [-0.2, 0) is 0 Å². The Morgan fingerprint density at radius 1 is 1.38 bits per heavy atom. The van der Waals surface area contributed by atoms with E-state index in [-0.39, 0.29) is 17.8 Å². The second kappa shape index (κ2) is 7.49. The van der Waals surface area contributed by atoms with E-state index in [1.807, 2.05) is 22.6 Å². The maximum atomic E-state index is 13.1. The number of nitrogens with two attached hydrogens (primary N) is 1. The first-order valence-electron chi connectivity index (χ1n) is 7.04. The maximum Gasteiger partial charge on any atom is 0.252 e. The van der Waals surface area contributed by atoms with Gasteiger partial charge in [-0.05, 0) is 59.5 Å². The lowest BCUT2D eigenvalue weighted by Crippen LogP contribution is -2.49. The first kappa shape index (κ1) is 16.6. The first-order valence-corrected chi connectivity index (χ1v) is 8.53. The summed E-state index contributed by atoms with van der Waals surface area (Å²) in [6.45, 7) is 0. The molecule has 0 radical (unpaired) electrons. The molecule has 114 valence electrons. The molecule has 0 heterocycles. The van der Waals surface area contributed by atoms with Gasteiger partial charge in [-0.25, -0.2) is 4.39 Å². The van der Waals surface area contributed by atoms with Gasteiger partial charge in [0.25, 0.3) is 5.91 Å². The third kappa shape index (κ3) is 4.35. The van der Waals surface area contributed by atoms with Crippen molar-refractivity contribution in [2.45, 2.75) is 38.1 Å². The van der Waals surface area contributed by atoms with Crippen molar-refractivity contribution in [3.8, 4) is 0 Å².